The molecule has 3 rings (SSSR count). The highest BCUT2D eigenvalue weighted by Crippen LogP contribution is 2.27. The summed E-state index contributed by atoms with van der Waals surface area (Å²) >= 11 is 6.20. The quantitative estimate of drug-likeness (QED) is 0.448. The molecule has 7 heteroatoms. The van der Waals surface area contributed by atoms with Gasteiger partial charge in [0, 0.05) is 30.7 Å². The first-order valence-corrected chi connectivity index (χ1v) is 10.7. The Kier molecular flexibility index (Phi) is 7.33. The first-order chi connectivity index (χ1) is 14.8. The molecule has 0 radical (unpaired) electrons. The van der Waals surface area contributed by atoms with E-state index in [2.05, 4.69) is 15.3 Å². The molecule has 0 unspecified atom stereocenters. The van der Waals surface area contributed by atoms with Crippen LogP contribution in [-0.2, 0) is 17.6 Å². The largest absolute Gasteiger partial charge is 0.370 e. The second-order valence-electron chi connectivity index (χ2n) is 7.68. The molecule has 162 valence electrons. The number of aromatic nitrogens is 2. The van der Waals surface area contributed by atoms with Crippen LogP contribution in [0.4, 0.5) is 10.2 Å². The maximum atomic E-state index is 15.2. The van der Waals surface area contributed by atoms with E-state index < -0.39 is 11.6 Å². The molecule has 5 nitrogen and oxygen atoms in total. The van der Waals surface area contributed by atoms with Gasteiger partial charge in [0.25, 0.3) is 0 Å². The van der Waals surface area contributed by atoms with Crippen molar-refractivity contribution in [3.63, 3.8) is 0 Å². The maximum absolute atomic E-state index is 15.2. The van der Waals surface area contributed by atoms with Gasteiger partial charge in [-0.3, -0.25) is 9.59 Å². The molecule has 0 bridgehead atoms. The van der Waals surface area contributed by atoms with E-state index in [0.717, 1.165) is 5.39 Å². The number of ketones is 2. The molecule has 1 heterocycles. The van der Waals surface area contributed by atoms with Gasteiger partial charge in [-0.15, -0.1) is 0 Å². The zero-order valence-corrected chi connectivity index (χ0v) is 18.6. The van der Waals surface area contributed by atoms with Gasteiger partial charge >= 0.3 is 0 Å². The second-order valence-corrected chi connectivity index (χ2v) is 8.09. The molecule has 0 aliphatic heterocycles. The van der Waals surface area contributed by atoms with Gasteiger partial charge in [0.15, 0.2) is 5.78 Å². The lowest BCUT2D eigenvalue weighted by Crippen LogP contribution is -2.12. The van der Waals surface area contributed by atoms with E-state index in [-0.39, 0.29) is 41.5 Å². The van der Waals surface area contributed by atoms with Crippen LogP contribution in [0.3, 0.4) is 0 Å². The molecule has 31 heavy (non-hydrogen) atoms. The van der Waals surface area contributed by atoms with Crippen molar-refractivity contribution in [2.24, 2.45) is 5.92 Å². The molecule has 0 saturated carbocycles. The number of fused-ring (bicyclic) bond motifs is 1. The second kappa shape index (κ2) is 9.96. The van der Waals surface area contributed by atoms with Crippen molar-refractivity contribution in [2.75, 3.05) is 11.9 Å². The summed E-state index contributed by atoms with van der Waals surface area (Å²) in [5.74, 6) is -0.471. The van der Waals surface area contributed by atoms with Crippen molar-refractivity contribution in [1.82, 2.24) is 9.97 Å². The Balaban J connectivity index is 1.91. The fourth-order valence-electron chi connectivity index (χ4n) is 3.45. The number of carbonyl (C=O) groups is 2. The van der Waals surface area contributed by atoms with Crippen molar-refractivity contribution in [1.29, 1.82) is 0 Å². The van der Waals surface area contributed by atoms with Crippen molar-refractivity contribution in [2.45, 2.75) is 40.0 Å². The van der Waals surface area contributed by atoms with Gasteiger partial charge in [0.1, 0.15) is 23.7 Å². The van der Waals surface area contributed by atoms with Crippen LogP contribution in [0.2, 0.25) is 5.02 Å². The predicted octanol–water partition coefficient (Wildman–Crippen LogP) is 5.44. The number of anilines is 1. The zero-order chi connectivity index (χ0) is 22.5. The van der Waals surface area contributed by atoms with Crippen molar-refractivity contribution >= 4 is 39.9 Å². The van der Waals surface area contributed by atoms with Gasteiger partial charge in [0.05, 0.1) is 16.1 Å². The van der Waals surface area contributed by atoms with E-state index in [9.17, 15) is 9.59 Å². The minimum Gasteiger partial charge on any atom is -0.370 e. The zero-order valence-electron chi connectivity index (χ0n) is 17.8. The standard InChI is InChI=1S/C24H25ClFN3O2/c1-4-27-24-17-7-5-6-16(23(17)28-13-29-24)12-20(31)21-18(25)10-8-15(22(21)26)9-11-19(30)14(2)3/h5-8,10,13-14H,4,9,11-12H2,1-3H3,(H,27,28,29). The lowest BCUT2D eigenvalue weighted by molar-refractivity contribution is -0.121. The van der Waals surface area contributed by atoms with E-state index in [4.69, 9.17) is 11.6 Å². The number of rotatable bonds is 9. The third-order valence-electron chi connectivity index (χ3n) is 5.18. The number of carbonyl (C=O) groups excluding carboxylic acids is 2. The number of para-hydroxylation sites is 1. The lowest BCUT2D eigenvalue weighted by Gasteiger charge is -2.12. The minimum atomic E-state index is -0.655. The molecule has 0 spiro atoms. The molecule has 3 aromatic rings. The average Bonchev–Trinajstić information content (AvgIpc) is 2.74. The highest BCUT2D eigenvalue weighted by atomic mass is 35.5. The van der Waals surface area contributed by atoms with Crippen molar-refractivity contribution in [3.8, 4) is 0 Å². The summed E-state index contributed by atoms with van der Waals surface area (Å²) in [5, 5.41) is 4.03. The van der Waals surface area contributed by atoms with Crippen LogP contribution in [0, 0.1) is 11.7 Å². The van der Waals surface area contributed by atoms with E-state index >= 15 is 4.39 Å². The fraction of sp³-hybridized carbons (Fsp3) is 0.333. The minimum absolute atomic E-state index is 0.0501. The van der Waals surface area contributed by atoms with Gasteiger partial charge in [-0.25, -0.2) is 14.4 Å². The Morgan fingerprint density at radius 3 is 2.61 bits per heavy atom. The van der Waals surface area contributed by atoms with E-state index in [1.165, 1.54) is 18.5 Å². The molecule has 0 amide bonds. The highest BCUT2D eigenvalue weighted by Gasteiger charge is 2.21. The Morgan fingerprint density at radius 2 is 1.90 bits per heavy atom. The number of hydrogen-bond donors (Lipinski definition) is 1. The number of hydrogen-bond acceptors (Lipinski definition) is 5. The van der Waals surface area contributed by atoms with Crippen LogP contribution in [0.5, 0.6) is 0 Å². The number of halogens is 2. The molecule has 0 saturated heterocycles. The third-order valence-corrected chi connectivity index (χ3v) is 5.49. The Bertz CT molecular complexity index is 1130. The Labute approximate surface area is 186 Å². The molecule has 2 aromatic carbocycles. The molecule has 1 N–H and O–H groups in total. The number of Topliss-reactive ketones (excluding diaryl/α,β-unsaturated/α-hetero) is 2. The molecule has 1 aromatic heterocycles. The molecule has 0 aliphatic rings. The van der Waals surface area contributed by atoms with Gasteiger partial charge in [0.2, 0.25) is 0 Å². The van der Waals surface area contributed by atoms with Crippen LogP contribution in [0.25, 0.3) is 10.9 Å². The van der Waals surface area contributed by atoms with Gasteiger partial charge in [-0.2, -0.15) is 0 Å². The lowest BCUT2D eigenvalue weighted by atomic mass is 9.96. The van der Waals surface area contributed by atoms with Gasteiger partial charge in [-0.05, 0) is 36.6 Å². The van der Waals surface area contributed by atoms with E-state index in [1.807, 2.05) is 32.9 Å². The summed E-state index contributed by atoms with van der Waals surface area (Å²) < 4.78 is 15.2. The molecular formula is C24H25ClFN3O2. The summed E-state index contributed by atoms with van der Waals surface area (Å²) in [4.78, 5) is 33.6. The highest BCUT2D eigenvalue weighted by molar-refractivity contribution is 6.34. The third kappa shape index (κ3) is 5.07. The number of aryl methyl sites for hydroxylation is 1. The summed E-state index contributed by atoms with van der Waals surface area (Å²) in [6, 6.07) is 8.54. The van der Waals surface area contributed by atoms with Crippen molar-refractivity contribution < 1.29 is 14.0 Å². The predicted molar refractivity (Wildman–Crippen MR) is 121 cm³/mol. The summed E-state index contributed by atoms with van der Waals surface area (Å²) in [6.45, 7) is 6.28. The normalized spacial score (nSPS) is 11.2. The van der Waals surface area contributed by atoms with Crippen LogP contribution in [0.15, 0.2) is 36.7 Å². The Morgan fingerprint density at radius 1 is 1.13 bits per heavy atom. The fourth-order valence-corrected chi connectivity index (χ4v) is 3.70. The maximum Gasteiger partial charge on any atom is 0.171 e. The monoisotopic (exact) mass is 441 g/mol. The van der Waals surface area contributed by atoms with E-state index in [0.29, 0.717) is 29.0 Å². The summed E-state index contributed by atoms with van der Waals surface area (Å²) in [5.41, 5.74) is 1.47. The van der Waals surface area contributed by atoms with Crippen LogP contribution in [0.1, 0.15) is 48.7 Å². The first-order valence-electron chi connectivity index (χ1n) is 10.3. The average molecular weight is 442 g/mol. The van der Waals surface area contributed by atoms with E-state index in [1.54, 1.807) is 6.07 Å². The molecular weight excluding hydrogens is 417 g/mol. The smallest absolute Gasteiger partial charge is 0.171 e. The van der Waals surface area contributed by atoms with Gasteiger partial charge < -0.3 is 5.32 Å². The summed E-state index contributed by atoms with van der Waals surface area (Å²) in [6.07, 6.45) is 1.84. The summed E-state index contributed by atoms with van der Waals surface area (Å²) in [7, 11) is 0. The van der Waals surface area contributed by atoms with Crippen LogP contribution >= 0.6 is 11.6 Å². The van der Waals surface area contributed by atoms with Gasteiger partial charge in [-0.1, -0.05) is 43.6 Å². The van der Waals surface area contributed by atoms with Crippen molar-refractivity contribution in [3.05, 3.63) is 64.2 Å². The first kappa shape index (κ1) is 22.8. The molecule has 0 atom stereocenters. The SMILES string of the molecule is CCNc1ncnc2c(CC(=O)c3c(Cl)ccc(CCC(=O)C(C)C)c3F)cccc12. The topological polar surface area (TPSA) is 72.0 Å². The molecule has 0 aliphatic carbocycles. The van der Waals surface area contributed by atoms with Crippen LogP contribution in [-0.4, -0.2) is 28.1 Å². The number of nitrogens with one attached hydrogen (secondary N) is 1. The van der Waals surface area contributed by atoms with Crippen LogP contribution < -0.4 is 5.32 Å². The molecule has 0 fully saturated rings. The number of benzene rings is 2. The number of nitrogens with zero attached hydrogens (tertiary/aromatic N) is 2. The Hall–Kier alpha value is -2.86.